The van der Waals surface area contributed by atoms with Crippen molar-refractivity contribution in [2.45, 2.75) is 33.8 Å². The van der Waals surface area contributed by atoms with Gasteiger partial charge in [0.15, 0.2) is 11.5 Å². The summed E-state index contributed by atoms with van der Waals surface area (Å²) in [6, 6.07) is 6.98. The molecule has 1 aromatic carbocycles. The Morgan fingerprint density at radius 3 is 2.79 bits per heavy atom. The van der Waals surface area contributed by atoms with Gasteiger partial charge in [-0.2, -0.15) is 5.10 Å². The first-order valence-electron chi connectivity index (χ1n) is 7.78. The van der Waals surface area contributed by atoms with Crippen molar-refractivity contribution in [3.63, 3.8) is 0 Å². The van der Waals surface area contributed by atoms with Gasteiger partial charge in [-0.15, -0.1) is 0 Å². The number of aryl methyl sites for hydroxylation is 1. The average molecular weight is 330 g/mol. The number of nitrogens with zero attached hydrogens (tertiary/aromatic N) is 2. The third kappa shape index (κ3) is 5.12. The molecule has 2 aromatic rings. The van der Waals surface area contributed by atoms with E-state index < -0.39 is 0 Å². The van der Waals surface area contributed by atoms with Crippen LogP contribution in [0.25, 0.3) is 0 Å². The monoisotopic (exact) mass is 330 g/mol. The summed E-state index contributed by atoms with van der Waals surface area (Å²) in [5.74, 6) is 1.65. The van der Waals surface area contributed by atoms with Crippen LogP contribution in [0.15, 0.2) is 34.2 Å². The second-order valence-electron chi connectivity index (χ2n) is 5.41. The number of H-pyrrole nitrogens is 1. The molecule has 0 aliphatic heterocycles. The molecule has 7 nitrogen and oxygen atoms in total. The highest BCUT2D eigenvalue weighted by atomic mass is 16.5. The second-order valence-corrected chi connectivity index (χ2v) is 5.41. The predicted molar refractivity (Wildman–Crippen MR) is 94.2 cm³/mol. The number of ether oxygens (including phenoxy) is 2. The standard InChI is InChI=1S/C17H22N4O3/c1-5-23-15-9-13(6-7-14(15)24-11(2)3)10-18-21-17-19-12(4)8-16(22)20-17/h6-11H,5H2,1-4H3,(H2,19,20,21,22)/b18-10-. The number of aromatic nitrogens is 2. The minimum Gasteiger partial charge on any atom is -0.490 e. The minimum atomic E-state index is -0.228. The predicted octanol–water partition coefficient (Wildman–Crippen LogP) is 2.71. The number of anilines is 1. The fourth-order valence-electron chi connectivity index (χ4n) is 2.02. The van der Waals surface area contributed by atoms with E-state index in [1.807, 2.05) is 39.0 Å². The van der Waals surface area contributed by atoms with Crippen molar-refractivity contribution in [3.05, 3.63) is 45.9 Å². The molecule has 0 fully saturated rings. The maximum Gasteiger partial charge on any atom is 0.252 e. The van der Waals surface area contributed by atoms with Crippen LogP contribution in [0.2, 0.25) is 0 Å². The van der Waals surface area contributed by atoms with E-state index in [9.17, 15) is 4.79 Å². The lowest BCUT2D eigenvalue weighted by Crippen LogP contribution is -2.10. The van der Waals surface area contributed by atoms with E-state index in [0.29, 0.717) is 29.7 Å². The molecule has 128 valence electrons. The van der Waals surface area contributed by atoms with E-state index in [4.69, 9.17) is 9.47 Å². The Morgan fingerprint density at radius 2 is 2.12 bits per heavy atom. The number of hydrogen-bond acceptors (Lipinski definition) is 6. The molecule has 1 aromatic heterocycles. The molecule has 2 N–H and O–H groups in total. The quantitative estimate of drug-likeness (QED) is 0.602. The molecule has 2 rings (SSSR count). The van der Waals surface area contributed by atoms with E-state index in [0.717, 1.165) is 5.56 Å². The Bertz CT molecular complexity index is 769. The average Bonchev–Trinajstić information content (AvgIpc) is 2.48. The maximum absolute atomic E-state index is 11.4. The summed E-state index contributed by atoms with van der Waals surface area (Å²) in [5, 5.41) is 4.08. The fraction of sp³-hybridized carbons (Fsp3) is 0.353. The molecule has 7 heteroatoms. The van der Waals surface area contributed by atoms with Gasteiger partial charge in [0.2, 0.25) is 5.95 Å². The number of hydrogen-bond donors (Lipinski definition) is 2. The Morgan fingerprint density at radius 1 is 1.33 bits per heavy atom. The van der Waals surface area contributed by atoms with Gasteiger partial charge in [-0.1, -0.05) is 0 Å². The summed E-state index contributed by atoms with van der Waals surface area (Å²) >= 11 is 0. The SMILES string of the molecule is CCOc1cc(/C=N\Nc2nc(C)cc(=O)[nH]2)ccc1OC(C)C. The Labute approximate surface area is 140 Å². The smallest absolute Gasteiger partial charge is 0.252 e. The van der Waals surface area contributed by atoms with Crippen LogP contribution in [-0.4, -0.2) is 28.9 Å². The molecule has 0 bridgehead atoms. The molecule has 24 heavy (non-hydrogen) atoms. The van der Waals surface area contributed by atoms with Gasteiger partial charge in [0.05, 0.1) is 18.9 Å². The van der Waals surface area contributed by atoms with Crippen LogP contribution in [-0.2, 0) is 0 Å². The summed E-state index contributed by atoms with van der Waals surface area (Å²) in [7, 11) is 0. The van der Waals surface area contributed by atoms with Crippen molar-refractivity contribution >= 4 is 12.2 Å². The molecule has 0 unspecified atom stereocenters. The van der Waals surface area contributed by atoms with Gasteiger partial charge in [-0.3, -0.25) is 9.78 Å². The van der Waals surface area contributed by atoms with E-state index in [2.05, 4.69) is 20.5 Å². The number of nitrogens with one attached hydrogen (secondary N) is 2. The molecular formula is C17H22N4O3. The topological polar surface area (TPSA) is 88.6 Å². The normalized spacial score (nSPS) is 11.0. The molecule has 0 aliphatic rings. The largest absolute Gasteiger partial charge is 0.490 e. The van der Waals surface area contributed by atoms with Gasteiger partial charge in [-0.25, -0.2) is 10.4 Å². The number of rotatable bonds is 7. The lowest BCUT2D eigenvalue weighted by molar-refractivity contribution is 0.224. The number of hydrazone groups is 1. The van der Waals surface area contributed by atoms with Gasteiger partial charge in [0.25, 0.3) is 5.56 Å². The zero-order valence-electron chi connectivity index (χ0n) is 14.3. The van der Waals surface area contributed by atoms with Crippen molar-refractivity contribution in [1.82, 2.24) is 9.97 Å². The third-order valence-corrected chi connectivity index (χ3v) is 2.88. The minimum absolute atomic E-state index is 0.0645. The van der Waals surface area contributed by atoms with Crippen LogP contribution in [0, 0.1) is 6.92 Å². The Hall–Kier alpha value is -2.83. The molecule has 0 radical (unpaired) electrons. The zero-order chi connectivity index (χ0) is 17.5. The molecule has 0 amide bonds. The summed E-state index contributed by atoms with van der Waals surface area (Å²) < 4.78 is 11.3. The second kappa shape index (κ2) is 8.14. The van der Waals surface area contributed by atoms with E-state index in [1.54, 1.807) is 13.1 Å². The lowest BCUT2D eigenvalue weighted by atomic mass is 10.2. The molecule has 0 saturated heterocycles. The van der Waals surface area contributed by atoms with Crippen LogP contribution in [0.1, 0.15) is 32.0 Å². The van der Waals surface area contributed by atoms with Crippen molar-refractivity contribution < 1.29 is 9.47 Å². The molecule has 0 aliphatic carbocycles. The van der Waals surface area contributed by atoms with Gasteiger partial charge >= 0.3 is 0 Å². The first kappa shape index (κ1) is 17.5. The molecule has 0 spiro atoms. The van der Waals surface area contributed by atoms with Crippen LogP contribution in [0.3, 0.4) is 0 Å². The highest BCUT2D eigenvalue weighted by molar-refractivity contribution is 5.81. The molecule has 0 saturated carbocycles. The van der Waals surface area contributed by atoms with Gasteiger partial charge < -0.3 is 9.47 Å². The van der Waals surface area contributed by atoms with Crippen molar-refractivity contribution in [2.24, 2.45) is 5.10 Å². The van der Waals surface area contributed by atoms with Crippen LogP contribution >= 0.6 is 0 Å². The van der Waals surface area contributed by atoms with Crippen LogP contribution in [0.5, 0.6) is 11.5 Å². The summed E-state index contributed by atoms with van der Waals surface area (Å²) in [5.41, 5.74) is 3.92. The van der Waals surface area contributed by atoms with E-state index in [1.165, 1.54) is 6.07 Å². The third-order valence-electron chi connectivity index (χ3n) is 2.88. The first-order valence-corrected chi connectivity index (χ1v) is 7.78. The van der Waals surface area contributed by atoms with Crippen molar-refractivity contribution in [2.75, 3.05) is 12.0 Å². The van der Waals surface area contributed by atoms with E-state index >= 15 is 0 Å². The van der Waals surface area contributed by atoms with Crippen LogP contribution in [0.4, 0.5) is 5.95 Å². The summed E-state index contributed by atoms with van der Waals surface area (Å²) in [6.45, 7) is 8.13. The molecule has 1 heterocycles. The maximum atomic E-state index is 11.4. The summed E-state index contributed by atoms with van der Waals surface area (Å²) in [4.78, 5) is 18.1. The summed E-state index contributed by atoms with van der Waals surface area (Å²) in [6.07, 6.45) is 1.68. The Kier molecular flexibility index (Phi) is 5.95. The zero-order valence-corrected chi connectivity index (χ0v) is 14.3. The Balaban J connectivity index is 2.13. The van der Waals surface area contributed by atoms with Gasteiger partial charge in [0.1, 0.15) is 0 Å². The van der Waals surface area contributed by atoms with Crippen molar-refractivity contribution in [1.29, 1.82) is 0 Å². The molecular weight excluding hydrogens is 308 g/mol. The first-order chi connectivity index (χ1) is 11.5. The highest BCUT2D eigenvalue weighted by Crippen LogP contribution is 2.28. The lowest BCUT2D eigenvalue weighted by Gasteiger charge is -2.14. The number of benzene rings is 1. The van der Waals surface area contributed by atoms with Gasteiger partial charge in [0, 0.05) is 11.8 Å². The van der Waals surface area contributed by atoms with Gasteiger partial charge in [-0.05, 0) is 51.5 Å². The fourth-order valence-corrected chi connectivity index (χ4v) is 2.02. The molecule has 0 atom stereocenters. The number of aromatic amines is 1. The highest BCUT2D eigenvalue weighted by Gasteiger charge is 2.07. The van der Waals surface area contributed by atoms with E-state index in [-0.39, 0.29) is 11.7 Å². The van der Waals surface area contributed by atoms with Crippen LogP contribution < -0.4 is 20.5 Å². The van der Waals surface area contributed by atoms with Crippen molar-refractivity contribution in [3.8, 4) is 11.5 Å².